The second-order valence-corrected chi connectivity index (χ2v) is 3.47. The van der Waals surface area contributed by atoms with Crippen molar-refractivity contribution in [2.45, 2.75) is 58.8 Å². The molecule has 0 fully saturated rings. The van der Waals surface area contributed by atoms with Crippen LogP contribution in [0.4, 0.5) is 0 Å². The van der Waals surface area contributed by atoms with E-state index < -0.39 is 0 Å². The second kappa shape index (κ2) is 9.44. The molecule has 3 heteroatoms. The highest BCUT2D eigenvalue weighted by atomic mass is 16.7. The lowest BCUT2D eigenvalue weighted by Crippen LogP contribution is -2.22. The van der Waals surface area contributed by atoms with Crippen molar-refractivity contribution < 1.29 is 14.6 Å². The minimum Gasteiger partial charge on any atom is -0.394 e. The van der Waals surface area contributed by atoms with Crippen molar-refractivity contribution in [1.82, 2.24) is 0 Å². The molecular weight excluding hydrogens is 180 g/mol. The number of hydrogen-bond donors (Lipinski definition) is 1. The Bertz CT molecular complexity index is 117. The van der Waals surface area contributed by atoms with Crippen LogP contribution in [0.5, 0.6) is 0 Å². The van der Waals surface area contributed by atoms with Crippen LogP contribution in [0.3, 0.4) is 0 Å². The predicted octanol–water partition coefficient (Wildman–Crippen LogP) is 2.33. The van der Waals surface area contributed by atoms with E-state index in [9.17, 15) is 0 Å². The molecule has 0 rings (SSSR count). The van der Waals surface area contributed by atoms with E-state index in [1.807, 2.05) is 6.92 Å². The third kappa shape index (κ3) is 7.30. The third-order valence-electron chi connectivity index (χ3n) is 2.16. The minimum absolute atomic E-state index is 0.0550. The molecule has 0 amide bonds. The molecule has 0 aliphatic carbocycles. The molecule has 0 aliphatic heterocycles. The zero-order chi connectivity index (χ0) is 10.8. The van der Waals surface area contributed by atoms with Crippen LogP contribution in [0, 0.1) is 0 Å². The lowest BCUT2D eigenvalue weighted by atomic mass is 10.1. The molecule has 0 aromatic rings. The average Bonchev–Trinajstić information content (AvgIpc) is 2.21. The summed E-state index contributed by atoms with van der Waals surface area (Å²) in [5, 5.41) is 8.57. The molecule has 86 valence electrons. The highest BCUT2D eigenvalue weighted by Crippen LogP contribution is 2.11. The van der Waals surface area contributed by atoms with E-state index in [2.05, 4.69) is 13.8 Å². The maximum absolute atomic E-state index is 8.57. The largest absolute Gasteiger partial charge is 0.394 e. The van der Waals surface area contributed by atoms with Crippen molar-refractivity contribution >= 4 is 0 Å². The molecule has 0 aromatic heterocycles. The van der Waals surface area contributed by atoms with E-state index >= 15 is 0 Å². The van der Waals surface area contributed by atoms with Crippen molar-refractivity contribution in [2.24, 2.45) is 0 Å². The molecule has 3 nitrogen and oxygen atoms in total. The summed E-state index contributed by atoms with van der Waals surface area (Å²) in [7, 11) is 0. The highest BCUT2D eigenvalue weighted by molar-refractivity contribution is 4.55. The van der Waals surface area contributed by atoms with Crippen LogP contribution in [0.1, 0.15) is 46.5 Å². The molecule has 0 bridgehead atoms. The molecule has 0 aromatic carbocycles. The van der Waals surface area contributed by atoms with Gasteiger partial charge in [0.1, 0.15) is 0 Å². The van der Waals surface area contributed by atoms with Gasteiger partial charge < -0.3 is 14.6 Å². The first kappa shape index (κ1) is 13.9. The lowest BCUT2D eigenvalue weighted by Gasteiger charge is -2.21. The third-order valence-corrected chi connectivity index (χ3v) is 2.16. The van der Waals surface area contributed by atoms with Gasteiger partial charge in [0.2, 0.25) is 0 Å². The fraction of sp³-hybridized carbons (Fsp3) is 1.00. The summed E-state index contributed by atoms with van der Waals surface area (Å²) in [6.07, 6.45) is 4.61. The van der Waals surface area contributed by atoms with Gasteiger partial charge in [0, 0.05) is 0 Å². The van der Waals surface area contributed by atoms with Gasteiger partial charge in [0.05, 0.1) is 19.3 Å². The van der Waals surface area contributed by atoms with Gasteiger partial charge in [-0.2, -0.15) is 0 Å². The maximum Gasteiger partial charge on any atom is 0.155 e. The second-order valence-electron chi connectivity index (χ2n) is 3.47. The van der Waals surface area contributed by atoms with Crippen molar-refractivity contribution in [1.29, 1.82) is 0 Å². The molecule has 0 heterocycles. The van der Waals surface area contributed by atoms with Gasteiger partial charge in [-0.3, -0.25) is 0 Å². The molecule has 2 unspecified atom stereocenters. The zero-order valence-corrected chi connectivity index (χ0v) is 9.66. The number of ether oxygens (including phenoxy) is 2. The Morgan fingerprint density at radius 2 is 2.00 bits per heavy atom. The van der Waals surface area contributed by atoms with E-state index in [-0.39, 0.29) is 12.9 Å². The molecule has 14 heavy (non-hydrogen) atoms. The van der Waals surface area contributed by atoms with Crippen LogP contribution < -0.4 is 0 Å². The molecule has 0 saturated heterocycles. The number of aliphatic hydroxyl groups is 1. The van der Waals surface area contributed by atoms with Crippen molar-refractivity contribution in [3.05, 3.63) is 0 Å². The highest BCUT2D eigenvalue weighted by Gasteiger charge is 2.10. The molecule has 1 N–H and O–H groups in total. The fourth-order valence-electron chi connectivity index (χ4n) is 1.33. The Hall–Kier alpha value is -0.120. The van der Waals surface area contributed by atoms with Crippen LogP contribution >= 0.6 is 0 Å². The number of hydrogen-bond acceptors (Lipinski definition) is 3. The summed E-state index contributed by atoms with van der Waals surface area (Å²) < 4.78 is 10.9. The Labute approximate surface area is 87.4 Å². The van der Waals surface area contributed by atoms with Crippen LogP contribution in [-0.2, 0) is 9.47 Å². The van der Waals surface area contributed by atoms with E-state index in [0.29, 0.717) is 12.7 Å². The van der Waals surface area contributed by atoms with Crippen molar-refractivity contribution in [2.75, 3.05) is 13.2 Å². The Kier molecular flexibility index (Phi) is 9.35. The summed E-state index contributed by atoms with van der Waals surface area (Å²) in [6, 6.07) is 0. The van der Waals surface area contributed by atoms with Crippen LogP contribution in [0.25, 0.3) is 0 Å². The summed E-state index contributed by atoms with van der Waals surface area (Å²) in [5.74, 6) is 0. The summed E-state index contributed by atoms with van der Waals surface area (Å²) >= 11 is 0. The standard InChI is InChI=1S/C11H24O3/c1-4-6-7-11(5-2)14-10(3)13-9-8-12/h10-12H,4-9H2,1-3H3. The van der Waals surface area contributed by atoms with Crippen molar-refractivity contribution in [3.8, 4) is 0 Å². The van der Waals surface area contributed by atoms with Gasteiger partial charge in [0.15, 0.2) is 6.29 Å². The Balaban J connectivity index is 3.57. The van der Waals surface area contributed by atoms with E-state index in [1.54, 1.807) is 0 Å². The topological polar surface area (TPSA) is 38.7 Å². The normalized spacial score (nSPS) is 15.4. The summed E-state index contributed by atoms with van der Waals surface area (Å²) in [5.41, 5.74) is 0. The maximum atomic E-state index is 8.57. The van der Waals surface area contributed by atoms with E-state index in [1.165, 1.54) is 12.8 Å². The molecule has 0 aliphatic rings. The van der Waals surface area contributed by atoms with Gasteiger partial charge in [0.25, 0.3) is 0 Å². The number of rotatable bonds is 9. The SMILES string of the molecule is CCCCC(CC)OC(C)OCCO. The molecule has 0 radical (unpaired) electrons. The van der Waals surface area contributed by atoms with E-state index in [0.717, 1.165) is 12.8 Å². The number of aliphatic hydroxyl groups excluding tert-OH is 1. The summed E-state index contributed by atoms with van der Waals surface area (Å²) in [6.45, 7) is 6.59. The Morgan fingerprint density at radius 1 is 1.29 bits per heavy atom. The molecule has 2 atom stereocenters. The number of unbranched alkanes of at least 4 members (excludes halogenated alkanes) is 1. The molecular formula is C11H24O3. The van der Waals surface area contributed by atoms with Gasteiger partial charge in [-0.05, 0) is 19.8 Å². The zero-order valence-electron chi connectivity index (χ0n) is 9.66. The quantitative estimate of drug-likeness (QED) is 0.586. The first-order chi connectivity index (χ1) is 6.74. The van der Waals surface area contributed by atoms with Crippen LogP contribution in [0.15, 0.2) is 0 Å². The van der Waals surface area contributed by atoms with Gasteiger partial charge in [-0.1, -0.05) is 26.7 Å². The first-order valence-corrected chi connectivity index (χ1v) is 5.62. The van der Waals surface area contributed by atoms with Crippen LogP contribution in [0.2, 0.25) is 0 Å². The predicted molar refractivity (Wildman–Crippen MR) is 57.2 cm³/mol. The van der Waals surface area contributed by atoms with Gasteiger partial charge >= 0.3 is 0 Å². The fourth-order valence-corrected chi connectivity index (χ4v) is 1.33. The van der Waals surface area contributed by atoms with Crippen LogP contribution in [-0.4, -0.2) is 30.7 Å². The smallest absolute Gasteiger partial charge is 0.155 e. The molecule has 0 saturated carbocycles. The molecule has 0 spiro atoms. The first-order valence-electron chi connectivity index (χ1n) is 5.62. The van der Waals surface area contributed by atoms with Gasteiger partial charge in [-0.15, -0.1) is 0 Å². The van der Waals surface area contributed by atoms with Gasteiger partial charge in [-0.25, -0.2) is 0 Å². The monoisotopic (exact) mass is 204 g/mol. The van der Waals surface area contributed by atoms with E-state index in [4.69, 9.17) is 14.6 Å². The Morgan fingerprint density at radius 3 is 2.50 bits per heavy atom. The lowest BCUT2D eigenvalue weighted by molar-refractivity contribution is -0.166. The minimum atomic E-state index is -0.205. The van der Waals surface area contributed by atoms with Crippen molar-refractivity contribution in [3.63, 3.8) is 0 Å². The average molecular weight is 204 g/mol. The summed E-state index contributed by atoms with van der Waals surface area (Å²) in [4.78, 5) is 0.